The number of hydrogen-bond acceptors (Lipinski definition) is 10. The van der Waals surface area contributed by atoms with E-state index in [1.54, 1.807) is 12.3 Å². The number of carbonyl (C=O) groups is 6. The summed E-state index contributed by atoms with van der Waals surface area (Å²) in [5, 5.41) is 7.98. The average molecular weight is 719 g/mol. The smallest absolute Gasteiger partial charge is 0.407 e. The number of nitrogens with zero attached hydrogens (tertiary/aromatic N) is 3. The van der Waals surface area contributed by atoms with Gasteiger partial charge in [0.25, 0.3) is 17.7 Å². The van der Waals surface area contributed by atoms with Gasteiger partial charge in [0, 0.05) is 44.5 Å². The molecule has 280 valence electrons. The van der Waals surface area contributed by atoms with Crippen LogP contribution in [0.5, 0.6) is 5.75 Å². The quantitative estimate of drug-likeness (QED) is 0.182. The molecule has 3 aliphatic heterocycles. The van der Waals surface area contributed by atoms with E-state index in [1.807, 2.05) is 33.0 Å². The molecule has 0 aliphatic carbocycles. The molecule has 14 nitrogen and oxygen atoms in total. The minimum absolute atomic E-state index is 0.00636. The molecule has 52 heavy (non-hydrogen) atoms. The third-order valence-electron chi connectivity index (χ3n) is 9.38. The number of pyridine rings is 1. The van der Waals surface area contributed by atoms with Crippen molar-refractivity contribution < 1.29 is 38.2 Å². The molecule has 5 rings (SSSR count). The molecule has 0 saturated carbocycles. The zero-order chi connectivity index (χ0) is 37.3. The molecule has 6 amide bonds. The monoisotopic (exact) mass is 718 g/mol. The molecule has 2 fully saturated rings. The summed E-state index contributed by atoms with van der Waals surface area (Å²) in [6, 6.07) is 5.63. The van der Waals surface area contributed by atoms with Crippen molar-refractivity contribution in [3.05, 3.63) is 58.9 Å². The molecule has 1 aromatic heterocycles. The maximum Gasteiger partial charge on any atom is 0.407 e. The van der Waals surface area contributed by atoms with E-state index >= 15 is 0 Å². The Balaban J connectivity index is 0.960. The van der Waals surface area contributed by atoms with Crippen molar-refractivity contribution in [2.24, 2.45) is 0 Å². The molecule has 0 bridgehead atoms. The van der Waals surface area contributed by atoms with Crippen LogP contribution in [0.3, 0.4) is 0 Å². The number of piperidine rings is 2. The van der Waals surface area contributed by atoms with E-state index in [-0.39, 0.29) is 55.0 Å². The Bertz CT molecular complexity index is 1650. The van der Waals surface area contributed by atoms with Crippen molar-refractivity contribution in [2.75, 3.05) is 26.2 Å². The van der Waals surface area contributed by atoms with Crippen molar-refractivity contribution in [1.29, 1.82) is 0 Å². The van der Waals surface area contributed by atoms with E-state index in [2.05, 4.69) is 25.8 Å². The Hall–Kier alpha value is -4.85. The van der Waals surface area contributed by atoms with Crippen LogP contribution in [0.15, 0.2) is 36.7 Å². The van der Waals surface area contributed by atoms with Gasteiger partial charge in [0.05, 0.1) is 11.1 Å². The molecular weight excluding hydrogens is 668 g/mol. The van der Waals surface area contributed by atoms with Crippen LogP contribution in [0.25, 0.3) is 0 Å². The van der Waals surface area contributed by atoms with Crippen molar-refractivity contribution in [1.82, 2.24) is 30.7 Å². The fourth-order valence-corrected chi connectivity index (χ4v) is 6.74. The molecule has 2 saturated heterocycles. The lowest BCUT2D eigenvalue weighted by Crippen LogP contribution is -2.54. The van der Waals surface area contributed by atoms with Gasteiger partial charge in [0.1, 0.15) is 17.4 Å². The average Bonchev–Trinajstić information content (AvgIpc) is 3.35. The van der Waals surface area contributed by atoms with Crippen LogP contribution in [0.2, 0.25) is 0 Å². The van der Waals surface area contributed by atoms with Gasteiger partial charge in [0.15, 0.2) is 6.61 Å². The normalized spacial score (nSPS) is 18.2. The third-order valence-corrected chi connectivity index (χ3v) is 9.38. The zero-order valence-corrected chi connectivity index (χ0v) is 30.3. The van der Waals surface area contributed by atoms with Gasteiger partial charge < -0.3 is 25.0 Å². The molecule has 3 aliphatic rings. The summed E-state index contributed by atoms with van der Waals surface area (Å²) < 4.78 is 11.0. The summed E-state index contributed by atoms with van der Waals surface area (Å²) in [5.41, 5.74) is 1.55. The van der Waals surface area contributed by atoms with Gasteiger partial charge in [0.2, 0.25) is 11.8 Å². The molecule has 3 N–H and O–H groups in total. The lowest BCUT2D eigenvalue weighted by atomic mass is 10.0. The maximum absolute atomic E-state index is 13.2. The van der Waals surface area contributed by atoms with E-state index in [4.69, 9.17) is 9.47 Å². The number of likely N-dealkylation sites (tertiary alicyclic amines) is 1. The summed E-state index contributed by atoms with van der Waals surface area (Å²) in [5.74, 6) is -2.83. The number of imide groups is 2. The summed E-state index contributed by atoms with van der Waals surface area (Å²) >= 11 is 0. The molecule has 2 aromatic rings. The van der Waals surface area contributed by atoms with Crippen molar-refractivity contribution in [2.45, 2.75) is 109 Å². The number of aryl methyl sites for hydroxylation is 1. The number of rotatable bonds is 15. The summed E-state index contributed by atoms with van der Waals surface area (Å²) in [4.78, 5) is 82.6. The summed E-state index contributed by atoms with van der Waals surface area (Å²) in [6.07, 6.45) is 11.8. The highest BCUT2D eigenvalue weighted by Gasteiger charge is 2.46. The van der Waals surface area contributed by atoms with Crippen LogP contribution in [0.4, 0.5) is 4.79 Å². The highest BCUT2D eigenvalue weighted by molar-refractivity contribution is 6.24. The number of carbonyl (C=O) groups excluding carboxylic acids is 6. The number of aromatic nitrogens is 1. The third kappa shape index (κ3) is 10.6. The van der Waals surface area contributed by atoms with Gasteiger partial charge in [-0.2, -0.15) is 0 Å². The van der Waals surface area contributed by atoms with Crippen LogP contribution in [-0.2, 0) is 32.1 Å². The van der Waals surface area contributed by atoms with Crippen LogP contribution in [0, 0.1) is 0 Å². The summed E-state index contributed by atoms with van der Waals surface area (Å²) in [7, 11) is 0. The number of ether oxygens (including phenoxy) is 2. The Kier molecular flexibility index (Phi) is 13.0. The predicted molar refractivity (Wildman–Crippen MR) is 190 cm³/mol. The molecule has 0 radical (unpaired) electrons. The van der Waals surface area contributed by atoms with Gasteiger partial charge in [-0.3, -0.25) is 39.2 Å². The number of alkyl carbamates (subject to hydrolysis) is 1. The van der Waals surface area contributed by atoms with Crippen LogP contribution in [-0.4, -0.2) is 94.3 Å². The molecule has 0 spiro atoms. The Labute approximate surface area is 304 Å². The van der Waals surface area contributed by atoms with Crippen molar-refractivity contribution >= 4 is 35.6 Å². The van der Waals surface area contributed by atoms with E-state index < -0.39 is 41.2 Å². The number of benzene rings is 1. The molecular formula is C38H50N6O8. The minimum atomic E-state index is -1.09. The van der Waals surface area contributed by atoms with Gasteiger partial charge in [-0.05, 0) is 89.1 Å². The standard InChI is InChI=1S/C38H50N6O8/c1-38(2,3)52-37(50)41-27-15-18-43(19-16-27)17-8-6-4-5-7-10-25-20-26(22-39-21-25)23-40-32(46)24-51-30-12-9-11-28-33(30)36(49)44(35(28)48)29-13-14-31(45)42-34(29)47/h9,11-12,20-22,27,29H,4-8,10,13-19,23-24H2,1-3H3,(H,40,46)(H,41,50)(H,42,45,47). The van der Waals surface area contributed by atoms with Gasteiger partial charge in [-0.15, -0.1) is 0 Å². The van der Waals surface area contributed by atoms with E-state index in [0.717, 1.165) is 74.2 Å². The largest absolute Gasteiger partial charge is 0.483 e. The molecule has 1 aromatic carbocycles. The first-order chi connectivity index (χ1) is 24.9. The topological polar surface area (TPSA) is 176 Å². The Morgan fingerprint density at radius 2 is 1.67 bits per heavy atom. The number of fused-ring (bicyclic) bond motifs is 1. The lowest BCUT2D eigenvalue weighted by molar-refractivity contribution is -0.136. The van der Waals surface area contributed by atoms with E-state index in [0.29, 0.717) is 0 Å². The highest BCUT2D eigenvalue weighted by atomic mass is 16.6. The summed E-state index contributed by atoms with van der Waals surface area (Å²) in [6.45, 7) is 8.54. The Morgan fingerprint density at radius 1 is 0.942 bits per heavy atom. The van der Waals surface area contributed by atoms with Gasteiger partial charge >= 0.3 is 6.09 Å². The molecule has 14 heteroatoms. The van der Waals surface area contributed by atoms with Gasteiger partial charge in [-0.1, -0.05) is 31.4 Å². The van der Waals surface area contributed by atoms with E-state index in [9.17, 15) is 28.8 Å². The van der Waals surface area contributed by atoms with E-state index in [1.165, 1.54) is 25.0 Å². The SMILES string of the molecule is CC(C)(C)OC(=O)NC1CCN(CCCCCCCc2cncc(CNC(=O)COc3cccc4c3C(=O)N(C3CCC(=O)NC3=O)C4=O)c2)CC1. The molecule has 1 atom stereocenters. The fourth-order valence-electron chi connectivity index (χ4n) is 6.74. The van der Waals surface area contributed by atoms with Crippen molar-refractivity contribution in [3.8, 4) is 5.75 Å². The van der Waals surface area contributed by atoms with Crippen LogP contribution >= 0.6 is 0 Å². The van der Waals surface area contributed by atoms with Gasteiger partial charge in [-0.25, -0.2) is 4.79 Å². The van der Waals surface area contributed by atoms with Crippen LogP contribution in [0.1, 0.15) is 110 Å². The predicted octanol–water partition coefficient (Wildman–Crippen LogP) is 3.66. The first-order valence-electron chi connectivity index (χ1n) is 18.3. The molecule has 1 unspecified atom stereocenters. The first kappa shape index (κ1) is 38.4. The second-order valence-electron chi connectivity index (χ2n) is 14.7. The maximum atomic E-state index is 13.2. The number of hydrogen-bond donors (Lipinski definition) is 3. The van der Waals surface area contributed by atoms with Crippen molar-refractivity contribution in [3.63, 3.8) is 0 Å². The minimum Gasteiger partial charge on any atom is -0.483 e. The second-order valence-corrected chi connectivity index (χ2v) is 14.7. The first-order valence-corrected chi connectivity index (χ1v) is 18.3. The highest BCUT2D eigenvalue weighted by Crippen LogP contribution is 2.33. The lowest BCUT2D eigenvalue weighted by Gasteiger charge is -2.32. The molecule has 4 heterocycles. The van der Waals surface area contributed by atoms with Crippen LogP contribution < -0.4 is 20.7 Å². The second kappa shape index (κ2) is 17.6. The fraction of sp³-hybridized carbons (Fsp3) is 0.553. The number of nitrogens with one attached hydrogen (secondary N) is 3. The Morgan fingerprint density at radius 3 is 2.42 bits per heavy atom. The number of unbranched alkanes of at least 4 members (excludes halogenated alkanes) is 4. The zero-order valence-electron chi connectivity index (χ0n) is 30.3. The number of amides is 6.